The van der Waals surface area contributed by atoms with Crippen LogP contribution in [0, 0.1) is 0 Å². The van der Waals surface area contributed by atoms with E-state index in [-0.39, 0.29) is 22.7 Å². The Hall–Kier alpha value is -2.35. The van der Waals surface area contributed by atoms with Crippen molar-refractivity contribution in [1.29, 1.82) is 0 Å². The maximum Gasteiger partial charge on any atom is 0.354 e. The van der Waals surface area contributed by atoms with E-state index in [4.69, 9.17) is 14.6 Å². The number of benzene rings is 1. The van der Waals surface area contributed by atoms with E-state index < -0.39 is 11.8 Å². The van der Waals surface area contributed by atoms with Crippen LogP contribution in [0.15, 0.2) is 22.9 Å². The van der Waals surface area contributed by atoms with Gasteiger partial charge in [-0.25, -0.2) is 9.78 Å². The molecule has 0 amide bonds. The van der Waals surface area contributed by atoms with Crippen LogP contribution in [0.25, 0.3) is 0 Å². The van der Waals surface area contributed by atoms with Crippen molar-refractivity contribution >= 4 is 27.7 Å². The van der Waals surface area contributed by atoms with Crippen molar-refractivity contribution in [2.24, 2.45) is 0 Å². The first kappa shape index (κ1) is 15.0. The zero-order valence-corrected chi connectivity index (χ0v) is 12.7. The standard InChI is InChI=1S/C13H11BrN2O5/c1-20-6-3-7(14)9(8(4-6)21-2)12(17)10-11(13(18)19)16-5-15-10/h3-5H,1-2H3,(H,15,16)(H,18,19). The molecule has 0 aliphatic heterocycles. The van der Waals surface area contributed by atoms with Crippen LogP contribution < -0.4 is 9.47 Å². The number of H-pyrrole nitrogens is 1. The van der Waals surface area contributed by atoms with Crippen LogP contribution in [0.2, 0.25) is 0 Å². The van der Waals surface area contributed by atoms with Gasteiger partial charge in [0.2, 0.25) is 5.78 Å². The molecule has 8 heteroatoms. The molecule has 0 aliphatic rings. The maximum atomic E-state index is 12.5. The second kappa shape index (κ2) is 5.96. The molecule has 0 unspecified atom stereocenters. The van der Waals surface area contributed by atoms with Gasteiger partial charge in [0.25, 0.3) is 0 Å². The molecule has 0 spiro atoms. The molecular formula is C13H11BrN2O5. The molecule has 0 bridgehead atoms. The summed E-state index contributed by atoms with van der Waals surface area (Å²) in [5.41, 5.74) is -0.288. The van der Waals surface area contributed by atoms with Crippen molar-refractivity contribution in [2.45, 2.75) is 0 Å². The number of carboxylic acid groups (broad SMARTS) is 1. The van der Waals surface area contributed by atoms with Crippen molar-refractivity contribution in [3.05, 3.63) is 39.9 Å². The van der Waals surface area contributed by atoms with E-state index >= 15 is 0 Å². The van der Waals surface area contributed by atoms with Gasteiger partial charge in [-0.3, -0.25) is 4.79 Å². The minimum absolute atomic E-state index is 0.174. The summed E-state index contributed by atoms with van der Waals surface area (Å²) in [4.78, 5) is 29.8. The van der Waals surface area contributed by atoms with E-state index in [1.165, 1.54) is 20.3 Å². The topological polar surface area (TPSA) is 102 Å². The number of ketones is 1. The molecule has 0 saturated heterocycles. The van der Waals surface area contributed by atoms with E-state index in [0.717, 1.165) is 6.33 Å². The molecule has 0 atom stereocenters. The first-order valence-electron chi connectivity index (χ1n) is 5.72. The Morgan fingerprint density at radius 3 is 2.57 bits per heavy atom. The van der Waals surface area contributed by atoms with Crippen LogP contribution in [0.4, 0.5) is 0 Å². The van der Waals surface area contributed by atoms with Crippen LogP contribution in [-0.4, -0.2) is 41.0 Å². The summed E-state index contributed by atoms with van der Waals surface area (Å²) in [7, 11) is 2.89. The highest BCUT2D eigenvalue weighted by atomic mass is 79.9. The number of rotatable bonds is 5. The third-order valence-electron chi connectivity index (χ3n) is 2.78. The molecule has 2 N–H and O–H groups in total. The Bertz CT molecular complexity index is 711. The quantitative estimate of drug-likeness (QED) is 0.797. The number of hydrogen-bond acceptors (Lipinski definition) is 5. The van der Waals surface area contributed by atoms with Gasteiger partial charge in [0.05, 0.1) is 26.1 Å². The molecule has 0 fully saturated rings. The van der Waals surface area contributed by atoms with Gasteiger partial charge in [-0.05, 0) is 22.0 Å². The number of carboxylic acids is 1. The zero-order valence-electron chi connectivity index (χ0n) is 11.1. The summed E-state index contributed by atoms with van der Waals surface area (Å²) in [6.45, 7) is 0. The molecule has 0 saturated carbocycles. The molecule has 1 heterocycles. The first-order valence-corrected chi connectivity index (χ1v) is 6.51. The predicted molar refractivity (Wildman–Crippen MR) is 76.2 cm³/mol. The molecule has 1 aromatic heterocycles. The summed E-state index contributed by atoms with van der Waals surface area (Å²) in [6, 6.07) is 3.12. The van der Waals surface area contributed by atoms with Gasteiger partial charge >= 0.3 is 5.97 Å². The van der Waals surface area contributed by atoms with Gasteiger partial charge in [0, 0.05) is 10.5 Å². The number of nitrogens with one attached hydrogen (secondary N) is 1. The Labute approximate surface area is 128 Å². The normalized spacial score (nSPS) is 10.2. The lowest BCUT2D eigenvalue weighted by Gasteiger charge is -2.11. The minimum Gasteiger partial charge on any atom is -0.497 e. The summed E-state index contributed by atoms with van der Waals surface area (Å²) in [6.07, 6.45) is 1.15. The smallest absolute Gasteiger partial charge is 0.354 e. The van der Waals surface area contributed by atoms with Gasteiger partial charge in [-0.15, -0.1) is 0 Å². The minimum atomic E-state index is -1.26. The fourth-order valence-corrected chi connectivity index (χ4v) is 2.41. The number of methoxy groups -OCH3 is 2. The van der Waals surface area contributed by atoms with Gasteiger partial charge in [-0.2, -0.15) is 0 Å². The zero-order chi connectivity index (χ0) is 15.6. The van der Waals surface area contributed by atoms with Crippen molar-refractivity contribution < 1.29 is 24.2 Å². The van der Waals surface area contributed by atoms with Crippen LogP contribution in [-0.2, 0) is 0 Å². The van der Waals surface area contributed by atoms with E-state index in [1.807, 2.05) is 0 Å². The molecule has 7 nitrogen and oxygen atoms in total. The highest BCUT2D eigenvalue weighted by Crippen LogP contribution is 2.34. The Kier molecular flexibility index (Phi) is 4.27. The number of aromatic carboxylic acids is 1. The Morgan fingerprint density at radius 2 is 2.00 bits per heavy atom. The van der Waals surface area contributed by atoms with E-state index in [9.17, 15) is 9.59 Å². The van der Waals surface area contributed by atoms with Crippen molar-refractivity contribution in [3.8, 4) is 11.5 Å². The second-order valence-corrected chi connectivity index (χ2v) is 4.80. The number of carbonyl (C=O) groups is 2. The van der Waals surface area contributed by atoms with Crippen LogP contribution >= 0.6 is 15.9 Å². The van der Waals surface area contributed by atoms with E-state index in [0.29, 0.717) is 10.2 Å². The number of halogens is 1. The number of aromatic nitrogens is 2. The lowest BCUT2D eigenvalue weighted by atomic mass is 10.1. The summed E-state index contributed by atoms with van der Waals surface area (Å²) in [5, 5.41) is 9.04. The highest BCUT2D eigenvalue weighted by Gasteiger charge is 2.26. The van der Waals surface area contributed by atoms with Gasteiger partial charge in [0.1, 0.15) is 17.2 Å². The van der Waals surface area contributed by atoms with Crippen molar-refractivity contribution in [3.63, 3.8) is 0 Å². The van der Waals surface area contributed by atoms with Gasteiger partial charge in [0.15, 0.2) is 5.69 Å². The Balaban J connectivity index is 2.58. The molecule has 21 heavy (non-hydrogen) atoms. The molecular weight excluding hydrogens is 344 g/mol. The van der Waals surface area contributed by atoms with Crippen LogP contribution in [0.5, 0.6) is 11.5 Å². The van der Waals surface area contributed by atoms with E-state index in [2.05, 4.69) is 25.9 Å². The summed E-state index contributed by atoms with van der Waals surface area (Å²) >= 11 is 3.26. The maximum absolute atomic E-state index is 12.5. The van der Waals surface area contributed by atoms with E-state index in [1.54, 1.807) is 6.07 Å². The largest absolute Gasteiger partial charge is 0.497 e. The highest BCUT2D eigenvalue weighted by molar-refractivity contribution is 9.10. The lowest BCUT2D eigenvalue weighted by Crippen LogP contribution is -2.11. The summed E-state index contributed by atoms with van der Waals surface area (Å²) in [5.74, 6) is -1.08. The van der Waals surface area contributed by atoms with Crippen molar-refractivity contribution in [1.82, 2.24) is 9.97 Å². The Morgan fingerprint density at radius 1 is 1.29 bits per heavy atom. The number of hydrogen-bond donors (Lipinski definition) is 2. The molecule has 0 radical (unpaired) electrons. The number of imidazole rings is 1. The fourth-order valence-electron chi connectivity index (χ4n) is 1.80. The first-order chi connectivity index (χ1) is 9.99. The predicted octanol–water partition coefficient (Wildman–Crippen LogP) is 2.12. The third-order valence-corrected chi connectivity index (χ3v) is 3.40. The lowest BCUT2D eigenvalue weighted by molar-refractivity contribution is 0.0686. The van der Waals surface area contributed by atoms with Gasteiger partial charge in [-0.1, -0.05) is 0 Å². The molecule has 110 valence electrons. The number of nitrogens with zero attached hydrogens (tertiary/aromatic N) is 1. The number of ether oxygens (including phenoxy) is 2. The van der Waals surface area contributed by atoms with Crippen LogP contribution in [0.3, 0.4) is 0 Å². The fraction of sp³-hybridized carbons (Fsp3) is 0.154. The molecule has 0 aliphatic carbocycles. The van der Waals surface area contributed by atoms with Crippen LogP contribution in [0.1, 0.15) is 26.5 Å². The number of carbonyl (C=O) groups excluding carboxylic acids is 1. The number of aromatic amines is 1. The monoisotopic (exact) mass is 354 g/mol. The average Bonchev–Trinajstić information content (AvgIpc) is 2.95. The van der Waals surface area contributed by atoms with Crippen molar-refractivity contribution in [2.75, 3.05) is 14.2 Å². The summed E-state index contributed by atoms with van der Waals surface area (Å²) < 4.78 is 10.7. The third kappa shape index (κ3) is 2.75. The van der Waals surface area contributed by atoms with Gasteiger partial charge < -0.3 is 19.6 Å². The molecule has 2 rings (SSSR count). The molecule has 2 aromatic rings. The SMILES string of the molecule is COc1cc(Br)c(C(=O)c2nc[nH]c2C(=O)O)c(OC)c1. The average molecular weight is 355 g/mol. The molecule has 1 aromatic carbocycles. The second-order valence-electron chi connectivity index (χ2n) is 3.95.